The van der Waals surface area contributed by atoms with E-state index in [0.29, 0.717) is 17.5 Å². The smallest absolute Gasteiger partial charge is 0.322 e. The molecule has 5 nitrogen and oxygen atoms in total. The number of likely N-dealkylation sites (tertiary alicyclic amines) is 1. The maximum atomic E-state index is 12.2. The number of piperidine rings is 1. The summed E-state index contributed by atoms with van der Waals surface area (Å²) in [5, 5.41) is 6.14. The van der Waals surface area contributed by atoms with Crippen molar-refractivity contribution in [2.45, 2.75) is 18.9 Å². The van der Waals surface area contributed by atoms with E-state index in [1.807, 2.05) is 36.2 Å². The molecule has 0 bridgehead atoms. The molecule has 1 aliphatic rings. The van der Waals surface area contributed by atoms with Gasteiger partial charge in [0.2, 0.25) is 0 Å². The topological polar surface area (TPSA) is 53.6 Å². The molecular formula is C14H21N3O2. The number of carbonyl (C=O) groups excluding carboxylic acids is 1. The van der Waals surface area contributed by atoms with Crippen molar-refractivity contribution in [1.82, 2.24) is 10.2 Å². The molecule has 1 atom stereocenters. The number of ether oxygens (including phenoxy) is 1. The molecule has 1 aromatic rings. The van der Waals surface area contributed by atoms with Crippen molar-refractivity contribution in [3.63, 3.8) is 0 Å². The molecule has 104 valence electrons. The average molecular weight is 263 g/mol. The number of amides is 2. The van der Waals surface area contributed by atoms with Crippen LogP contribution >= 0.6 is 0 Å². The number of nitrogens with one attached hydrogen (secondary N) is 2. The second-order valence-electron chi connectivity index (χ2n) is 4.70. The van der Waals surface area contributed by atoms with Gasteiger partial charge in [0, 0.05) is 19.1 Å². The highest BCUT2D eigenvalue weighted by Gasteiger charge is 2.22. The summed E-state index contributed by atoms with van der Waals surface area (Å²) in [5.41, 5.74) is 0.710. The second-order valence-corrected chi connectivity index (χ2v) is 4.70. The molecule has 1 aliphatic heterocycles. The maximum absolute atomic E-state index is 12.2. The van der Waals surface area contributed by atoms with Gasteiger partial charge in [-0.25, -0.2) is 4.79 Å². The molecule has 0 aromatic heterocycles. The Morgan fingerprint density at radius 1 is 1.42 bits per heavy atom. The second kappa shape index (κ2) is 6.43. The molecule has 0 unspecified atom stereocenters. The number of methoxy groups -OCH3 is 1. The van der Waals surface area contributed by atoms with E-state index in [1.54, 1.807) is 7.11 Å². The molecule has 0 spiro atoms. The minimum Gasteiger partial charge on any atom is -0.495 e. The van der Waals surface area contributed by atoms with Crippen LogP contribution in [0.25, 0.3) is 0 Å². The zero-order chi connectivity index (χ0) is 13.7. The lowest BCUT2D eigenvalue weighted by molar-refractivity contribution is 0.187. The van der Waals surface area contributed by atoms with Crippen LogP contribution in [-0.4, -0.2) is 44.2 Å². The fourth-order valence-electron chi connectivity index (χ4n) is 2.34. The van der Waals surface area contributed by atoms with Crippen LogP contribution in [0.3, 0.4) is 0 Å². The van der Waals surface area contributed by atoms with Crippen molar-refractivity contribution in [1.29, 1.82) is 0 Å². The maximum Gasteiger partial charge on any atom is 0.322 e. The van der Waals surface area contributed by atoms with Gasteiger partial charge >= 0.3 is 6.03 Å². The van der Waals surface area contributed by atoms with Crippen LogP contribution in [0.1, 0.15) is 12.8 Å². The van der Waals surface area contributed by atoms with Crippen molar-refractivity contribution >= 4 is 11.7 Å². The lowest BCUT2D eigenvalue weighted by Gasteiger charge is -2.32. The third kappa shape index (κ3) is 3.38. The van der Waals surface area contributed by atoms with E-state index in [1.165, 1.54) is 0 Å². The summed E-state index contributed by atoms with van der Waals surface area (Å²) in [6.07, 6.45) is 2.15. The fraction of sp³-hybridized carbons (Fsp3) is 0.500. The summed E-state index contributed by atoms with van der Waals surface area (Å²) in [7, 11) is 3.54. The Morgan fingerprint density at radius 3 is 2.95 bits per heavy atom. The van der Waals surface area contributed by atoms with E-state index in [-0.39, 0.29) is 6.03 Å². The van der Waals surface area contributed by atoms with Gasteiger partial charge < -0.3 is 20.3 Å². The van der Waals surface area contributed by atoms with Crippen molar-refractivity contribution < 1.29 is 9.53 Å². The molecule has 2 amide bonds. The predicted molar refractivity (Wildman–Crippen MR) is 75.7 cm³/mol. The Kier molecular flexibility index (Phi) is 4.63. The van der Waals surface area contributed by atoms with Crippen LogP contribution in [0.2, 0.25) is 0 Å². The summed E-state index contributed by atoms with van der Waals surface area (Å²) >= 11 is 0. The number of hydrogen-bond acceptors (Lipinski definition) is 3. The molecule has 0 aliphatic carbocycles. The molecule has 1 aromatic carbocycles. The Bertz CT molecular complexity index is 436. The first-order valence-corrected chi connectivity index (χ1v) is 6.61. The van der Waals surface area contributed by atoms with Gasteiger partial charge in [-0.15, -0.1) is 0 Å². The highest BCUT2D eigenvalue weighted by atomic mass is 16.5. The van der Waals surface area contributed by atoms with Crippen molar-refractivity contribution in [3.8, 4) is 5.75 Å². The van der Waals surface area contributed by atoms with Gasteiger partial charge in [0.05, 0.1) is 12.8 Å². The monoisotopic (exact) mass is 263 g/mol. The van der Waals surface area contributed by atoms with E-state index in [9.17, 15) is 4.79 Å². The number of urea groups is 1. The standard InChI is InChI=1S/C14H21N3O2/c1-15-11-6-5-9-17(10-11)14(18)16-12-7-3-4-8-13(12)19-2/h3-4,7-8,11,15H,5-6,9-10H2,1-2H3,(H,16,18)/t11-/m0/s1. The first-order chi connectivity index (χ1) is 9.24. The number of benzene rings is 1. The molecule has 19 heavy (non-hydrogen) atoms. The summed E-state index contributed by atoms with van der Waals surface area (Å²) in [5.74, 6) is 0.679. The molecular weight excluding hydrogens is 242 g/mol. The van der Waals surface area contributed by atoms with E-state index in [4.69, 9.17) is 4.74 Å². The highest BCUT2D eigenvalue weighted by Crippen LogP contribution is 2.23. The third-order valence-electron chi connectivity index (χ3n) is 3.47. The number of hydrogen-bond donors (Lipinski definition) is 2. The molecule has 1 fully saturated rings. The van der Waals surface area contributed by atoms with Crippen LogP contribution in [-0.2, 0) is 0 Å². The summed E-state index contributed by atoms with van der Waals surface area (Å²) in [4.78, 5) is 14.1. The lowest BCUT2D eigenvalue weighted by Crippen LogP contribution is -2.48. The normalized spacial score (nSPS) is 19.1. The van der Waals surface area contributed by atoms with Gasteiger partial charge in [-0.3, -0.25) is 0 Å². The van der Waals surface area contributed by atoms with Crippen molar-refractivity contribution in [2.75, 3.05) is 32.6 Å². The lowest BCUT2D eigenvalue weighted by atomic mass is 10.1. The van der Waals surface area contributed by atoms with Crippen LogP contribution in [0.5, 0.6) is 5.75 Å². The molecule has 2 N–H and O–H groups in total. The van der Waals surface area contributed by atoms with Gasteiger partial charge in [0.15, 0.2) is 0 Å². The molecule has 5 heteroatoms. The first-order valence-electron chi connectivity index (χ1n) is 6.61. The number of rotatable bonds is 3. The van der Waals surface area contributed by atoms with Gasteiger partial charge in [0.25, 0.3) is 0 Å². The van der Waals surface area contributed by atoms with Crippen molar-refractivity contribution in [3.05, 3.63) is 24.3 Å². The molecule has 2 rings (SSSR count). The van der Waals surface area contributed by atoms with Crippen LogP contribution < -0.4 is 15.4 Å². The van der Waals surface area contributed by atoms with Gasteiger partial charge in [-0.2, -0.15) is 0 Å². The van der Waals surface area contributed by atoms with E-state index >= 15 is 0 Å². The van der Waals surface area contributed by atoms with Gasteiger partial charge in [-0.05, 0) is 32.0 Å². The third-order valence-corrected chi connectivity index (χ3v) is 3.47. The number of carbonyl (C=O) groups is 1. The van der Waals surface area contributed by atoms with E-state index in [0.717, 1.165) is 25.9 Å². The van der Waals surface area contributed by atoms with Crippen LogP contribution in [0, 0.1) is 0 Å². The first kappa shape index (κ1) is 13.7. The molecule has 1 heterocycles. The molecule has 1 saturated heterocycles. The van der Waals surface area contributed by atoms with Crippen LogP contribution in [0.15, 0.2) is 24.3 Å². The fourth-order valence-corrected chi connectivity index (χ4v) is 2.34. The average Bonchev–Trinajstić information content (AvgIpc) is 2.47. The Morgan fingerprint density at radius 2 is 2.21 bits per heavy atom. The SMILES string of the molecule is CN[C@H]1CCCN(C(=O)Nc2ccccc2OC)C1. The Hall–Kier alpha value is -1.75. The summed E-state index contributed by atoms with van der Waals surface area (Å²) < 4.78 is 5.23. The van der Waals surface area contributed by atoms with E-state index in [2.05, 4.69) is 10.6 Å². The number of para-hydroxylation sites is 2. The minimum absolute atomic E-state index is 0.0653. The van der Waals surface area contributed by atoms with Gasteiger partial charge in [0.1, 0.15) is 5.75 Å². The number of anilines is 1. The quantitative estimate of drug-likeness (QED) is 0.876. The zero-order valence-corrected chi connectivity index (χ0v) is 11.5. The number of likely N-dealkylation sites (N-methyl/N-ethyl adjacent to an activating group) is 1. The van der Waals surface area contributed by atoms with E-state index < -0.39 is 0 Å². The highest BCUT2D eigenvalue weighted by molar-refractivity contribution is 5.91. The summed E-state index contributed by atoms with van der Waals surface area (Å²) in [6.45, 7) is 1.55. The largest absolute Gasteiger partial charge is 0.495 e. The predicted octanol–water partition coefficient (Wildman–Crippen LogP) is 1.91. The van der Waals surface area contributed by atoms with Crippen molar-refractivity contribution in [2.24, 2.45) is 0 Å². The Balaban J connectivity index is 2.00. The zero-order valence-electron chi connectivity index (χ0n) is 11.5. The summed E-state index contributed by atoms with van der Waals surface area (Å²) in [6, 6.07) is 7.76. The minimum atomic E-state index is -0.0653. The Labute approximate surface area is 113 Å². The molecule has 0 saturated carbocycles. The van der Waals surface area contributed by atoms with Gasteiger partial charge in [-0.1, -0.05) is 12.1 Å². The number of nitrogens with zero attached hydrogens (tertiary/aromatic N) is 1. The van der Waals surface area contributed by atoms with Crippen LogP contribution in [0.4, 0.5) is 10.5 Å². The molecule has 0 radical (unpaired) electrons.